The molecule has 5 nitrogen and oxygen atoms in total. The predicted octanol–water partition coefficient (Wildman–Crippen LogP) is 2.39. The molecule has 0 saturated heterocycles. The van der Waals surface area contributed by atoms with Gasteiger partial charge in [0.05, 0.1) is 11.6 Å². The van der Waals surface area contributed by atoms with Crippen LogP contribution in [0.1, 0.15) is 18.4 Å². The lowest BCUT2D eigenvalue weighted by Gasteiger charge is -2.27. The zero-order valence-corrected chi connectivity index (χ0v) is 14.0. The standard InChI is InChI=1S/C18H18N2O3S/c1-11-6-8-12(9-7-11)15-10-24-18(19-15)20-16(21)13-4-2-3-5-14(13)17(22)23/h2-3,6-10,13-14H,4-5H2,1H3,(H,22,23)(H,19,20,21)/p-1/t13-,14-/m1/s1. The lowest BCUT2D eigenvalue weighted by molar-refractivity contribution is -0.313. The number of amides is 1. The van der Waals surface area contributed by atoms with Crippen LogP contribution in [0.4, 0.5) is 5.13 Å². The number of carboxylic acid groups (broad SMARTS) is 1. The molecule has 0 fully saturated rings. The van der Waals surface area contributed by atoms with Gasteiger partial charge in [0.1, 0.15) is 0 Å². The quantitative estimate of drug-likeness (QED) is 0.866. The maximum Gasteiger partial charge on any atom is 0.230 e. The molecule has 0 unspecified atom stereocenters. The number of aromatic nitrogens is 1. The second-order valence-electron chi connectivity index (χ2n) is 5.87. The van der Waals surface area contributed by atoms with Crippen molar-refractivity contribution in [1.29, 1.82) is 0 Å². The molecular formula is C18H17N2O3S-. The minimum atomic E-state index is -1.18. The summed E-state index contributed by atoms with van der Waals surface area (Å²) in [4.78, 5) is 28.0. The third-order valence-corrected chi connectivity index (χ3v) is 4.91. The number of aryl methyl sites for hydroxylation is 1. The highest BCUT2D eigenvalue weighted by Crippen LogP contribution is 2.29. The molecule has 1 heterocycles. The summed E-state index contributed by atoms with van der Waals surface area (Å²) >= 11 is 1.33. The van der Waals surface area contributed by atoms with E-state index in [9.17, 15) is 14.7 Å². The summed E-state index contributed by atoms with van der Waals surface area (Å²) in [6.45, 7) is 2.02. The molecule has 2 aromatic rings. The van der Waals surface area contributed by atoms with E-state index in [2.05, 4.69) is 10.3 Å². The van der Waals surface area contributed by atoms with E-state index in [0.717, 1.165) is 11.3 Å². The van der Waals surface area contributed by atoms with Crippen molar-refractivity contribution in [3.05, 3.63) is 47.4 Å². The number of allylic oxidation sites excluding steroid dienone is 2. The Morgan fingerprint density at radius 3 is 2.50 bits per heavy atom. The molecule has 24 heavy (non-hydrogen) atoms. The van der Waals surface area contributed by atoms with E-state index >= 15 is 0 Å². The highest BCUT2D eigenvalue weighted by Gasteiger charge is 2.30. The second kappa shape index (κ2) is 6.97. The average Bonchev–Trinajstić information content (AvgIpc) is 3.04. The molecule has 124 valence electrons. The van der Waals surface area contributed by atoms with Gasteiger partial charge in [-0.25, -0.2) is 4.98 Å². The van der Waals surface area contributed by atoms with E-state index < -0.39 is 17.8 Å². The Balaban J connectivity index is 1.72. The van der Waals surface area contributed by atoms with Crippen molar-refractivity contribution < 1.29 is 14.7 Å². The number of hydrogen-bond acceptors (Lipinski definition) is 5. The van der Waals surface area contributed by atoms with Crippen molar-refractivity contribution in [1.82, 2.24) is 4.98 Å². The average molecular weight is 341 g/mol. The topological polar surface area (TPSA) is 82.1 Å². The fourth-order valence-electron chi connectivity index (χ4n) is 2.75. The van der Waals surface area contributed by atoms with Crippen LogP contribution in [0.25, 0.3) is 11.3 Å². The first kappa shape index (κ1) is 16.4. The monoisotopic (exact) mass is 341 g/mol. The fraction of sp³-hybridized carbons (Fsp3) is 0.278. The molecule has 6 heteroatoms. The van der Waals surface area contributed by atoms with Crippen LogP contribution in [-0.2, 0) is 9.59 Å². The van der Waals surface area contributed by atoms with Crippen LogP contribution in [0.5, 0.6) is 0 Å². The summed E-state index contributed by atoms with van der Waals surface area (Å²) in [5.41, 5.74) is 2.93. The van der Waals surface area contributed by atoms with Gasteiger partial charge in [-0.1, -0.05) is 42.0 Å². The van der Waals surface area contributed by atoms with Gasteiger partial charge in [-0.3, -0.25) is 4.79 Å². The molecule has 0 bridgehead atoms. The van der Waals surface area contributed by atoms with Crippen LogP contribution in [0, 0.1) is 18.8 Å². The molecule has 1 N–H and O–H groups in total. The van der Waals surface area contributed by atoms with Gasteiger partial charge in [-0.2, -0.15) is 0 Å². The Bertz CT molecular complexity index is 780. The van der Waals surface area contributed by atoms with E-state index in [1.807, 2.05) is 42.6 Å². The molecule has 1 aliphatic rings. The van der Waals surface area contributed by atoms with Crippen LogP contribution >= 0.6 is 11.3 Å². The van der Waals surface area contributed by atoms with Gasteiger partial charge in [0.2, 0.25) is 5.91 Å². The number of hydrogen-bond donors (Lipinski definition) is 1. The van der Waals surface area contributed by atoms with Gasteiger partial charge < -0.3 is 15.2 Å². The summed E-state index contributed by atoms with van der Waals surface area (Å²) in [5.74, 6) is -2.91. The second-order valence-corrected chi connectivity index (χ2v) is 6.73. The first-order valence-electron chi connectivity index (χ1n) is 7.74. The maximum absolute atomic E-state index is 12.4. The summed E-state index contributed by atoms with van der Waals surface area (Å²) in [7, 11) is 0. The minimum Gasteiger partial charge on any atom is -0.550 e. The summed E-state index contributed by atoms with van der Waals surface area (Å²) in [5, 5.41) is 16.3. The molecule has 0 radical (unpaired) electrons. The Morgan fingerprint density at radius 2 is 1.83 bits per heavy atom. The van der Waals surface area contributed by atoms with Gasteiger partial charge in [-0.15, -0.1) is 11.3 Å². The van der Waals surface area contributed by atoms with Crippen molar-refractivity contribution in [2.24, 2.45) is 11.8 Å². The zero-order chi connectivity index (χ0) is 17.1. The SMILES string of the molecule is Cc1ccc(-c2csc(NC(=O)[C@@H]3CC=CC[C@H]3C(=O)[O-])n2)cc1. The third kappa shape index (κ3) is 3.54. The molecular weight excluding hydrogens is 324 g/mol. The van der Waals surface area contributed by atoms with Crippen LogP contribution in [0.2, 0.25) is 0 Å². The first-order chi connectivity index (χ1) is 11.5. The Hall–Kier alpha value is -2.47. The highest BCUT2D eigenvalue weighted by atomic mass is 32.1. The number of aliphatic carboxylic acids is 1. The van der Waals surface area contributed by atoms with Gasteiger partial charge in [0.25, 0.3) is 0 Å². The molecule has 1 amide bonds. The number of carboxylic acids is 1. The van der Waals surface area contributed by atoms with E-state index in [0.29, 0.717) is 18.0 Å². The van der Waals surface area contributed by atoms with Crippen molar-refractivity contribution in [2.45, 2.75) is 19.8 Å². The van der Waals surface area contributed by atoms with Crippen molar-refractivity contribution in [2.75, 3.05) is 5.32 Å². The van der Waals surface area contributed by atoms with Crippen LogP contribution in [-0.4, -0.2) is 16.9 Å². The number of thiazole rings is 1. The number of nitrogens with zero attached hydrogens (tertiary/aromatic N) is 1. The highest BCUT2D eigenvalue weighted by molar-refractivity contribution is 7.14. The lowest BCUT2D eigenvalue weighted by atomic mass is 9.82. The molecule has 0 spiro atoms. The first-order valence-corrected chi connectivity index (χ1v) is 8.62. The number of carbonyl (C=O) groups is 2. The Morgan fingerprint density at radius 1 is 1.17 bits per heavy atom. The largest absolute Gasteiger partial charge is 0.550 e. The van der Waals surface area contributed by atoms with Crippen LogP contribution < -0.4 is 10.4 Å². The third-order valence-electron chi connectivity index (χ3n) is 4.15. The van der Waals surface area contributed by atoms with Crippen LogP contribution in [0.3, 0.4) is 0 Å². The normalized spacial score (nSPS) is 19.9. The van der Waals surface area contributed by atoms with Crippen molar-refractivity contribution in [3.8, 4) is 11.3 Å². The van der Waals surface area contributed by atoms with Gasteiger partial charge in [-0.05, 0) is 19.8 Å². The Kier molecular flexibility index (Phi) is 4.76. The van der Waals surface area contributed by atoms with Gasteiger partial charge in [0.15, 0.2) is 5.13 Å². The summed E-state index contributed by atoms with van der Waals surface area (Å²) in [6.07, 6.45) is 4.35. The lowest BCUT2D eigenvalue weighted by Crippen LogP contribution is -2.41. The smallest absolute Gasteiger partial charge is 0.230 e. The zero-order valence-electron chi connectivity index (χ0n) is 13.2. The molecule has 1 aliphatic carbocycles. The molecule has 0 saturated carbocycles. The predicted molar refractivity (Wildman–Crippen MR) is 91.3 cm³/mol. The molecule has 1 aromatic heterocycles. The number of carbonyl (C=O) groups excluding carboxylic acids is 2. The number of nitrogens with one attached hydrogen (secondary N) is 1. The van der Waals surface area contributed by atoms with Gasteiger partial charge >= 0.3 is 0 Å². The molecule has 2 atom stereocenters. The maximum atomic E-state index is 12.4. The molecule has 3 rings (SSSR count). The summed E-state index contributed by atoms with van der Waals surface area (Å²) < 4.78 is 0. The van der Waals surface area contributed by atoms with Crippen LogP contribution in [0.15, 0.2) is 41.8 Å². The van der Waals surface area contributed by atoms with Crippen molar-refractivity contribution in [3.63, 3.8) is 0 Å². The van der Waals surface area contributed by atoms with Gasteiger partial charge in [0, 0.05) is 22.8 Å². The number of benzene rings is 1. The molecule has 0 aliphatic heterocycles. The van der Waals surface area contributed by atoms with E-state index in [4.69, 9.17) is 0 Å². The van der Waals surface area contributed by atoms with E-state index in [1.54, 1.807) is 6.08 Å². The molecule has 1 aromatic carbocycles. The summed E-state index contributed by atoms with van der Waals surface area (Å²) in [6, 6.07) is 7.97. The number of anilines is 1. The van der Waals surface area contributed by atoms with E-state index in [1.165, 1.54) is 16.9 Å². The number of rotatable bonds is 4. The Labute approximate surface area is 144 Å². The van der Waals surface area contributed by atoms with E-state index in [-0.39, 0.29) is 5.91 Å². The van der Waals surface area contributed by atoms with Crippen molar-refractivity contribution >= 4 is 28.3 Å². The minimum absolute atomic E-state index is 0.321. The fourth-order valence-corrected chi connectivity index (χ4v) is 3.47.